The minimum Gasteiger partial charge on any atom is -0.497 e. The molecule has 10 amide bonds. The third kappa shape index (κ3) is 20.9. The van der Waals surface area contributed by atoms with Gasteiger partial charge in [0.2, 0.25) is 59.1 Å². The summed E-state index contributed by atoms with van der Waals surface area (Å²) >= 11 is 0. The molecule has 2 saturated heterocycles. The Hall–Kier alpha value is -7.57. The van der Waals surface area contributed by atoms with Crippen molar-refractivity contribution in [3.63, 3.8) is 0 Å². The number of methoxy groups -OCH3 is 1. The third-order valence-corrected chi connectivity index (χ3v) is 14.0. The molecule has 31 heteroatoms. The van der Waals surface area contributed by atoms with Gasteiger partial charge in [-0.15, -0.1) is 0 Å². The number of benzene rings is 1. The predicted molar refractivity (Wildman–Crippen MR) is 271 cm³/mol. The van der Waals surface area contributed by atoms with Crippen LogP contribution in [0.4, 0.5) is 0 Å². The van der Waals surface area contributed by atoms with Gasteiger partial charge in [0.15, 0.2) is 11.9 Å². The molecule has 2 aliphatic heterocycles. The Balaban J connectivity index is 2.09. The fourth-order valence-corrected chi connectivity index (χ4v) is 9.74. The maximum Gasteiger partial charge on any atom is 0.305 e. The zero-order valence-corrected chi connectivity index (χ0v) is 42.4. The molecule has 0 aromatic heterocycles. The Bertz CT molecular complexity index is 2270. The number of fused-ring (bicyclic) bond motifs is 1. The number of carboxylic acids is 1. The molecule has 8 atom stereocenters. The van der Waals surface area contributed by atoms with Gasteiger partial charge in [-0.2, -0.15) is 0 Å². The van der Waals surface area contributed by atoms with Gasteiger partial charge in [-0.1, -0.05) is 33.7 Å². The summed E-state index contributed by atoms with van der Waals surface area (Å²) in [5.41, 5.74) is 33.4. The van der Waals surface area contributed by atoms with Crippen LogP contribution >= 0.6 is 21.6 Å². The van der Waals surface area contributed by atoms with Crippen LogP contribution in [0.25, 0.3) is 0 Å². The molecule has 0 saturated carbocycles. The van der Waals surface area contributed by atoms with Crippen molar-refractivity contribution in [2.75, 3.05) is 39.0 Å². The zero-order valence-electron chi connectivity index (χ0n) is 40.8. The van der Waals surface area contributed by atoms with Gasteiger partial charge in [0.05, 0.1) is 31.7 Å². The van der Waals surface area contributed by atoms with E-state index < -0.39 is 132 Å². The number of carbonyl (C=O) groups is 11. The molecule has 1 aromatic carbocycles. The van der Waals surface area contributed by atoms with Gasteiger partial charge in [-0.3, -0.25) is 62.7 Å². The van der Waals surface area contributed by atoms with Gasteiger partial charge in [-0.05, 0) is 63.1 Å². The number of aliphatic imine (C=N–C) groups is 2. The standard InChI is InChI=1S/C43H66N16O13S2/c1-21-35(65)57-28(17-31(44)60)41(71)59-15-5-8-30(59)40(70)55-24(6-3-13-50-42(46)47)36(66)52-19-32(61)53-27(18-33(62)63)39(69)56-26(16-22-9-11-23(72-2)12-10-22)38(68)54-25(7-4-14-51-43(48)49)37(67)58-29(34(45)64)20-73-74-21/h9-12,21,24-30H,3-8,13-20H2,1-2H3,(H2,44,60)(H2,45,64)(H,52,66)(H,53,61)(H,54,68)(H,55,70)(H,56,69)(H,57,65)(H,58,67)(H,62,63)(H4,46,47,50)(H4,48,49,51)/t21-,24-,25-,26+,27-,28-,29-,30+/m0/s1. The van der Waals surface area contributed by atoms with E-state index in [0.717, 1.165) is 26.5 Å². The number of aliphatic carboxylic acids is 1. The highest BCUT2D eigenvalue weighted by Gasteiger charge is 2.40. The lowest BCUT2D eigenvalue weighted by Crippen LogP contribution is -2.59. The van der Waals surface area contributed by atoms with Crippen molar-refractivity contribution >= 4 is 98.5 Å². The summed E-state index contributed by atoms with van der Waals surface area (Å²) in [4.78, 5) is 157. The number of nitrogens with two attached hydrogens (primary N) is 6. The van der Waals surface area contributed by atoms with Crippen LogP contribution < -0.4 is 76.4 Å². The lowest BCUT2D eigenvalue weighted by atomic mass is 10.0. The molecule has 0 aliphatic carbocycles. The van der Waals surface area contributed by atoms with E-state index in [0.29, 0.717) is 17.7 Å². The summed E-state index contributed by atoms with van der Waals surface area (Å²) in [6, 6.07) is -4.10. The van der Waals surface area contributed by atoms with Crippen LogP contribution in [-0.2, 0) is 59.2 Å². The summed E-state index contributed by atoms with van der Waals surface area (Å²) in [6.07, 6.45) is -1.55. The molecule has 20 N–H and O–H groups in total. The van der Waals surface area contributed by atoms with Crippen LogP contribution in [0.3, 0.4) is 0 Å². The van der Waals surface area contributed by atoms with Crippen molar-refractivity contribution in [1.29, 1.82) is 0 Å². The Morgan fingerprint density at radius 3 is 1.82 bits per heavy atom. The maximum atomic E-state index is 14.3. The number of guanidine groups is 2. The largest absolute Gasteiger partial charge is 0.497 e. The van der Waals surface area contributed by atoms with E-state index in [1.165, 1.54) is 14.0 Å². The number of primary amides is 2. The fourth-order valence-electron chi connectivity index (χ4n) is 7.40. The minimum atomic E-state index is -1.85. The second-order valence-electron chi connectivity index (χ2n) is 17.0. The summed E-state index contributed by atoms with van der Waals surface area (Å²) in [5.74, 6) is -11.2. The van der Waals surface area contributed by atoms with Crippen molar-refractivity contribution in [1.82, 2.24) is 42.1 Å². The number of hydrogen-bond acceptors (Lipinski definition) is 16. The van der Waals surface area contributed by atoms with E-state index in [-0.39, 0.29) is 75.8 Å². The summed E-state index contributed by atoms with van der Waals surface area (Å²) in [7, 11) is 3.27. The Morgan fingerprint density at radius 1 is 0.703 bits per heavy atom. The van der Waals surface area contributed by atoms with Crippen LogP contribution in [0.5, 0.6) is 5.75 Å². The van der Waals surface area contributed by atoms with Crippen LogP contribution in [-0.4, -0.2) is 174 Å². The molecule has 2 heterocycles. The zero-order chi connectivity index (χ0) is 55.1. The number of nitrogens with zero attached hydrogens (tertiary/aromatic N) is 3. The van der Waals surface area contributed by atoms with Crippen molar-refractivity contribution in [3.05, 3.63) is 29.8 Å². The molecule has 0 bridgehead atoms. The highest BCUT2D eigenvalue weighted by atomic mass is 33.1. The maximum absolute atomic E-state index is 14.3. The molecule has 1 aromatic rings. The first-order valence-electron chi connectivity index (χ1n) is 23.2. The number of rotatable bonds is 16. The molecule has 29 nitrogen and oxygen atoms in total. The van der Waals surface area contributed by atoms with E-state index in [1.807, 2.05) is 0 Å². The van der Waals surface area contributed by atoms with Crippen molar-refractivity contribution in [3.8, 4) is 5.75 Å². The fraction of sp³-hybridized carbons (Fsp3) is 0.558. The van der Waals surface area contributed by atoms with Crippen molar-refractivity contribution in [2.24, 2.45) is 44.4 Å². The van der Waals surface area contributed by atoms with Crippen LogP contribution in [0, 0.1) is 0 Å². The molecule has 3 rings (SSSR count). The van der Waals surface area contributed by atoms with E-state index in [9.17, 15) is 57.8 Å². The smallest absolute Gasteiger partial charge is 0.305 e. The van der Waals surface area contributed by atoms with Gasteiger partial charge in [-0.25, -0.2) is 0 Å². The van der Waals surface area contributed by atoms with Crippen molar-refractivity contribution in [2.45, 2.75) is 112 Å². The number of amides is 10. The number of hydrogen-bond donors (Lipinski definition) is 14. The van der Waals surface area contributed by atoms with Gasteiger partial charge in [0.1, 0.15) is 48.0 Å². The van der Waals surface area contributed by atoms with Crippen LogP contribution in [0.2, 0.25) is 0 Å². The Morgan fingerprint density at radius 2 is 1.26 bits per heavy atom. The molecule has 74 heavy (non-hydrogen) atoms. The molecule has 0 unspecified atom stereocenters. The van der Waals surface area contributed by atoms with Gasteiger partial charge in [0.25, 0.3) is 0 Å². The van der Waals surface area contributed by atoms with Crippen LogP contribution in [0.15, 0.2) is 34.3 Å². The average Bonchev–Trinajstić information content (AvgIpc) is 3.83. The van der Waals surface area contributed by atoms with Gasteiger partial charge >= 0.3 is 5.97 Å². The summed E-state index contributed by atoms with van der Waals surface area (Å²) in [6.45, 7) is 0.618. The first kappa shape index (κ1) is 60.7. The predicted octanol–water partition coefficient (Wildman–Crippen LogP) is -6.02. The van der Waals surface area contributed by atoms with E-state index in [2.05, 4.69) is 47.2 Å². The highest BCUT2D eigenvalue weighted by Crippen LogP contribution is 2.28. The van der Waals surface area contributed by atoms with Gasteiger partial charge in [0, 0.05) is 31.8 Å². The molecular formula is C43H66N16O13S2. The first-order chi connectivity index (χ1) is 35.0. The molecule has 0 spiro atoms. The number of carboxylic acid groups (broad SMARTS) is 1. The lowest BCUT2D eigenvalue weighted by Gasteiger charge is -2.30. The summed E-state index contributed by atoms with van der Waals surface area (Å²) < 4.78 is 5.22. The Labute approximate surface area is 433 Å². The molecule has 408 valence electrons. The quantitative estimate of drug-likeness (QED) is 0.0317. The molecule has 2 fully saturated rings. The second kappa shape index (κ2) is 30.5. The second-order valence-corrected chi connectivity index (χ2v) is 19.7. The minimum absolute atomic E-state index is 0.00403. The number of nitrogens with one attached hydrogen (secondary N) is 7. The van der Waals surface area contributed by atoms with E-state index in [4.69, 9.17) is 39.1 Å². The van der Waals surface area contributed by atoms with Gasteiger partial charge < -0.3 is 86.4 Å². The monoisotopic (exact) mass is 1080 g/mol. The molecule has 2 aliphatic rings. The summed E-state index contributed by atoms with van der Waals surface area (Å²) in [5, 5.41) is 26.0. The average molecular weight is 1080 g/mol. The van der Waals surface area contributed by atoms with Crippen molar-refractivity contribution < 1.29 is 62.6 Å². The first-order valence-corrected chi connectivity index (χ1v) is 25.6. The normalized spacial score (nSPS) is 24.3. The molecular weight excluding hydrogens is 1010 g/mol. The molecule has 0 radical (unpaired) electrons. The van der Waals surface area contributed by atoms with E-state index >= 15 is 0 Å². The Kier molecular flexibility index (Phi) is 25.0. The van der Waals surface area contributed by atoms with Crippen LogP contribution in [0.1, 0.15) is 63.9 Å². The SMILES string of the molecule is COc1ccc(C[C@H]2NC(=O)[C@H](CC(=O)O)NC(=O)CNC(=O)[C@H](CCCN=C(N)N)NC(=O)[C@H]3CCCN3C(=O)[C@H](CC(N)=O)NC(=O)[C@H](C)SSC[C@@H](C(N)=O)NC(=O)[C@H](CCCN=C(N)N)NC2=O)cc1. The number of ether oxygens (including phenoxy) is 1. The lowest BCUT2D eigenvalue weighted by molar-refractivity contribution is -0.143. The van der Waals surface area contributed by atoms with E-state index in [1.54, 1.807) is 24.3 Å². The third-order valence-electron chi connectivity index (χ3n) is 11.2. The highest BCUT2D eigenvalue weighted by molar-refractivity contribution is 8.77. The number of carbonyl (C=O) groups excluding carboxylic acids is 10. The topological polar surface area (TPSA) is 486 Å².